The Kier molecular flexibility index (Phi) is 48.9. The summed E-state index contributed by atoms with van der Waals surface area (Å²) in [6.45, 7) is 6.43. The summed E-state index contributed by atoms with van der Waals surface area (Å²) in [5.74, 6) is -0.938. The fourth-order valence-corrected chi connectivity index (χ4v) is 7.21. The molecule has 0 aromatic heterocycles. The lowest BCUT2D eigenvalue weighted by Crippen LogP contribution is -2.30. The molecule has 0 rings (SSSR count). The Labute approximate surface area is 389 Å². The van der Waals surface area contributed by atoms with Crippen molar-refractivity contribution in [3.63, 3.8) is 0 Å². The highest BCUT2D eigenvalue weighted by Gasteiger charge is 2.19. The van der Waals surface area contributed by atoms with Crippen LogP contribution < -0.4 is 0 Å². The number of carbonyl (C=O) groups is 3. The minimum absolute atomic E-state index is 0.0908. The van der Waals surface area contributed by atoms with Crippen LogP contribution in [0.3, 0.4) is 0 Å². The molecule has 0 aliphatic rings. The van der Waals surface area contributed by atoms with E-state index >= 15 is 0 Å². The smallest absolute Gasteiger partial charge is 0.306 e. The van der Waals surface area contributed by atoms with E-state index in [0.29, 0.717) is 19.3 Å². The van der Waals surface area contributed by atoms with Crippen molar-refractivity contribution in [2.24, 2.45) is 0 Å². The molecule has 362 valence electrons. The van der Waals surface area contributed by atoms with Crippen LogP contribution in [0.1, 0.15) is 252 Å². The molecule has 1 atom stereocenters. The molecular formula is C57H98O6. The summed E-state index contributed by atoms with van der Waals surface area (Å²) in [6, 6.07) is 0. The maximum absolute atomic E-state index is 12.8. The number of rotatable bonds is 47. The third kappa shape index (κ3) is 49.7. The molecule has 0 spiro atoms. The molecule has 6 heteroatoms. The van der Waals surface area contributed by atoms with Gasteiger partial charge in [-0.1, -0.05) is 203 Å². The fraction of sp³-hybridized carbons (Fsp3) is 0.737. The van der Waals surface area contributed by atoms with Crippen LogP contribution >= 0.6 is 0 Å². The number of carbonyl (C=O) groups excluding carboxylic acids is 3. The summed E-state index contributed by atoms with van der Waals surface area (Å²) < 4.78 is 16.7. The van der Waals surface area contributed by atoms with Gasteiger partial charge < -0.3 is 14.2 Å². The van der Waals surface area contributed by atoms with Crippen molar-refractivity contribution in [3.05, 3.63) is 72.9 Å². The molecule has 6 nitrogen and oxygen atoms in total. The summed E-state index contributed by atoms with van der Waals surface area (Å²) in [4.78, 5) is 37.9. The summed E-state index contributed by atoms with van der Waals surface area (Å²) in [6.07, 6.45) is 64.7. The van der Waals surface area contributed by atoms with Crippen molar-refractivity contribution >= 4 is 17.9 Å². The molecule has 0 radical (unpaired) electrons. The molecule has 0 N–H and O–H groups in total. The topological polar surface area (TPSA) is 78.9 Å². The number of allylic oxidation sites excluding steroid dienone is 12. The second-order valence-corrected chi connectivity index (χ2v) is 17.4. The Balaban J connectivity index is 4.33. The van der Waals surface area contributed by atoms with Crippen LogP contribution in [0.15, 0.2) is 72.9 Å². The van der Waals surface area contributed by atoms with E-state index in [4.69, 9.17) is 14.2 Å². The lowest BCUT2D eigenvalue weighted by atomic mass is 10.1. The second kappa shape index (κ2) is 51.5. The number of esters is 3. The zero-order valence-electron chi connectivity index (χ0n) is 41.3. The third-order valence-electron chi connectivity index (χ3n) is 11.2. The van der Waals surface area contributed by atoms with Crippen LogP contribution in [0, 0.1) is 0 Å². The summed E-state index contributed by atoms with van der Waals surface area (Å²) >= 11 is 0. The Bertz CT molecular complexity index is 1190. The Morgan fingerprint density at radius 3 is 1.08 bits per heavy atom. The van der Waals surface area contributed by atoms with Gasteiger partial charge in [0.2, 0.25) is 0 Å². The molecule has 0 amide bonds. The summed E-state index contributed by atoms with van der Waals surface area (Å²) in [7, 11) is 0. The van der Waals surface area contributed by atoms with Crippen LogP contribution in [-0.2, 0) is 28.6 Å². The van der Waals surface area contributed by atoms with Gasteiger partial charge in [0, 0.05) is 19.3 Å². The lowest BCUT2D eigenvalue weighted by molar-refractivity contribution is -0.167. The normalized spacial score (nSPS) is 12.6. The molecule has 0 aromatic carbocycles. The fourth-order valence-electron chi connectivity index (χ4n) is 7.21. The van der Waals surface area contributed by atoms with Crippen molar-refractivity contribution in [1.29, 1.82) is 0 Å². The number of ether oxygens (including phenoxy) is 3. The average Bonchev–Trinajstić information content (AvgIpc) is 3.28. The van der Waals surface area contributed by atoms with Gasteiger partial charge in [-0.25, -0.2) is 0 Å². The molecule has 63 heavy (non-hydrogen) atoms. The molecule has 0 aliphatic heterocycles. The van der Waals surface area contributed by atoms with E-state index in [-0.39, 0.29) is 31.1 Å². The van der Waals surface area contributed by atoms with Crippen molar-refractivity contribution in [2.75, 3.05) is 13.2 Å². The summed E-state index contributed by atoms with van der Waals surface area (Å²) in [5.41, 5.74) is 0. The van der Waals surface area contributed by atoms with Crippen molar-refractivity contribution in [2.45, 2.75) is 258 Å². The Morgan fingerprint density at radius 2 is 0.667 bits per heavy atom. The molecule has 0 saturated carbocycles. The molecule has 0 fully saturated rings. The molecule has 0 bridgehead atoms. The van der Waals surface area contributed by atoms with Crippen LogP contribution in [-0.4, -0.2) is 37.2 Å². The minimum atomic E-state index is -0.792. The second-order valence-electron chi connectivity index (χ2n) is 17.4. The maximum atomic E-state index is 12.8. The molecule has 0 heterocycles. The first-order chi connectivity index (χ1) is 31.0. The van der Waals surface area contributed by atoms with E-state index in [1.807, 2.05) is 0 Å². The molecule has 0 aromatic rings. The number of hydrogen-bond acceptors (Lipinski definition) is 6. The van der Waals surface area contributed by atoms with Gasteiger partial charge in [0.15, 0.2) is 6.10 Å². The molecule has 1 unspecified atom stereocenters. The lowest BCUT2D eigenvalue weighted by Gasteiger charge is -2.18. The van der Waals surface area contributed by atoms with Gasteiger partial charge in [-0.15, -0.1) is 0 Å². The van der Waals surface area contributed by atoms with Gasteiger partial charge in [0.05, 0.1) is 0 Å². The van der Waals surface area contributed by atoms with Gasteiger partial charge in [-0.2, -0.15) is 0 Å². The van der Waals surface area contributed by atoms with Crippen molar-refractivity contribution < 1.29 is 28.6 Å². The Morgan fingerprint density at radius 1 is 0.349 bits per heavy atom. The van der Waals surface area contributed by atoms with Gasteiger partial charge in [-0.3, -0.25) is 14.4 Å². The predicted molar refractivity (Wildman–Crippen MR) is 270 cm³/mol. The van der Waals surface area contributed by atoms with Crippen LogP contribution in [0.25, 0.3) is 0 Å². The summed E-state index contributed by atoms with van der Waals surface area (Å²) in [5, 5.41) is 0. The van der Waals surface area contributed by atoms with Crippen LogP contribution in [0.2, 0.25) is 0 Å². The van der Waals surface area contributed by atoms with Crippen LogP contribution in [0.5, 0.6) is 0 Å². The minimum Gasteiger partial charge on any atom is -0.462 e. The van der Waals surface area contributed by atoms with E-state index in [0.717, 1.165) is 83.5 Å². The van der Waals surface area contributed by atoms with Gasteiger partial charge >= 0.3 is 17.9 Å². The third-order valence-corrected chi connectivity index (χ3v) is 11.2. The van der Waals surface area contributed by atoms with Gasteiger partial charge in [0.25, 0.3) is 0 Å². The zero-order chi connectivity index (χ0) is 45.8. The molecule has 0 saturated heterocycles. The predicted octanol–water partition coefficient (Wildman–Crippen LogP) is 17.4. The number of unbranched alkanes of at least 4 members (excludes halogenated alkanes) is 25. The van der Waals surface area contributed by atoms with Gasteiger partial charge in [0.1, 0.15) is 13.2 Å². The van der Waals surface area contributed by atoms with E-state index in [2.05, 4.69) is 93.7 Å². The largest absolute Gasteiger partial charge is 0.462 e. The standard InChI is InChI=1S/C57H98O6/c1-4-7-10-13-16-19-21-23-25-27-28-30-31-33-35-38-41-44-47-50-56(59)62-53-54(52-61-55(58)49-46-43-40-37-18-15-12-9-6-3)63-57(60)51-48-45-42-39-36-34-32-29-26-24-22-20-17-14-11-8-5-2/h9,12,16-21,23-24,26,37,54H,4-8,10-11,13-15,22,25,27-36,38-53H2,1-3H3/b12-9-,19-16-,20-17-,23-21-,26-24-,37-18-. The monoisotopic (exact) mass is 879 g/mol. The number of hydrogen-bond donors (Lipinski definition) is 0. The quantitative estimate of drug-likeness (QED) is 0.0199. The van der Waals surface area contributed by atoms with Crippen molar-refractivity contribution in [1.82, 2.24) is 0 Å². The van der Waals surface area contributed by atoms with Crippen LogP contribution in [0.4, 0.5) is 0 Å². The first-order valence-corrected chi connectivity index (χ1v) is 26.5. The molecular weight excluding hydrogens is 781 g/mol. The van der Waals surface area contributed by atoms with E-state index in [1.165, 1.54) is 128 Å². The zero-order valence-corrected chi connectivity index (χ0v) is 41.3. The Hall–Kier alpha value is -3.15. The average molecular weight is 879 g/mol. The van der Waals surface area contributed by atoms with Crippen molar-refractivity contribution in [3.8, 4) is 0 Å². The van der Waals surface area contributed by atoms with E-state index in [1.54, 1.807) is 0 Å². The maximum Gasteiger partial charge on any atom is 0.306 e. The van der Waals surface area contributed by atoms with Gasteiger partial charge in [-0.05, 0) is 103 Å². The molecule has 0 aliphatic carbocycles. The highest BCUT2D eigenvalue weighted by Crippen LogP contribution is 2.15. The SMILES string of the molecule is CC/C=C\C/C=C\CCCCC(=O)OCC(COC(=O)CCCCCCCCCCCC/C=C\C=C/CCCCC)OC(=O)CCCCCCCCC/C=C\C/C=C\CCCCC. The van der Waals surface area contributed by atoms with E-state index in [9.17, 15) is 14.4 Å². The highest BCUT2D eigenvalue weighted by atomic mass is 16.6. The van der Waals surface area contributed by atoms with E-state index < -0.39 is 6.10 Å². The first kappa shape index (κ1) is 59.9. The first-order valence-electron chi connectivity index (χ1n) is 26.5. The highest BCUT2D eigenvalue weighted by molar-refractivity contribution is 5.71.